The van der Waals surface area contributed by atoms with Crippen molar-refractivity contribution in [2.75, 3.05) is 6.54 Å². The molecule has 0 aliphatic rings. The molecule has 15 heavy (non-hydrogen) atoms. The second-order valence-electron chi connectivity index (χ2n) is 3.40. The maximum atomic E-state index is 12.7. The van der Waals surface area contributed by atoms with E-state index < -0.39 is 12.2 Å². The molecule has 1 nitrogen and oxygen atoms in total. The SMILES string of the molecule is CCCNC(c1sccc1C)C(F)(F)F. The zero-order chi connectivity index (χ0) is 11.5. The van der Waals surface area contributed by atoms with Crippen molar-refractivity contribution in [2.45, 2.75) is 32.5 Å². The Balaban J connectivity index is 2.87. The third kappa shape index (κ3) is 3.21. The molecule has 1 heterocycles. The quantitative estimate of drug-likeness (QED) is 0.842. The summed E-state index contributed by atoms with van der Waals surface area (Å²) in [5, 5.41) is 4.23. The van der Waals surface area contributed by atoms with Gasteiger partial charge >= 0.3 is 6.18 Å². The molecule has 0 aliphatic heterocycles. The van der Waals surface area contributed by atoms with Crippen molar-refractivity contribution in [3.05, 3.63) is 21.9 Å². The Morgan fingerprint density at radius 1 is 1.47 bits per heavy atom. The van der Waals surface area contributed by atoms with E-state index in [0.717, 1.165) is 11.3 Å². The summed E-state index contributed by atoms with van der Waals surface area (Å²) in [6, 6.07) is 0.198. The van der Waals surface area contributed by atoms with Gasteiger partial charge in [-0.15, -0.1) is 11.3 Å². The molecular weight excluding hydrogens is 223 g/mol. The van der Waals surface area contributed by atoms with Gasteiger partial charge in [0.2, 0.25) is 0 Å². The number of rotatable bonds is 4. The van der Waals surface area contributed by atoms with E-state index in [4.69, 9.17) is 0 Å². The minimum absolute atomic E-state index is 0.371. The van der Waals surface area contributed by atoms with Gasteiger partial charge in [-0.05, 0) is 36.9 Å². The zero-order valence-corrected chi connectivity index (χ0v) is 9.50. The summed E-state index contributed by atoms with van der Waals surface area (Å²) < 4.78 is 38.2. The van der Waals surface area contributed by atoms with Gasteiger partial charge in [0.25, 0.3) is 0 Å². The molecule has 1 rings (SSSR count). The van der Waals surface area contributed by atoms with Crippen LogP contribution in [0.1, 0.15) is 29.8 Å². The van der Waals surface area contributed by atoms with Gasteiger partial charge in [0, 0.05) is 4.88 Å². The van der Waals surface area contributed by atoms with E-state index in [1.807, 2.05) is 6.92 Å². The summed E-state index contributed by atoms with van der Waals surface area (Å²) in [4.78, 5) is 0.371. The molecule has 1 unspecified atom stereocenters. The average molecular weight is 237 g/mol. The first-order chi connectivity index (χ1) is 6.96. The largest absolute Gasteiger partial charge is 0.408 e. The Hall–Kier alpha value is -0.550. The molecule has 0 fully saturated rings. The molecule has 1 atom stereocenters. The first-order valence-corrected chi connectivity index (χ1v) is 5.69. The standard InChI is InChI=1S/C10H14F3NS/c1-3-5-14-9(10(11,12)13)8-7(2)4-6-15-8/h4,6,9,14H,3,5H2,1-2H3. The third-order valence-corrected chi connectivity index (χ3v) is 3.17. The highest BCUT2D eigenvalue weighted by Crippen LogP contribution is 2.36. The third-order valence-electron chi connectivity index (χ3n) is 2.09. The predicted octanol–water partition coefficient (Wildman–Crippen LogP) is 3.66. The Morgan fingerprint density at radius 3 is 2.53 bits per heavy atom. The lowest BCUT2D eigenvalue weighted by Gasteiger charge is -2.21. The molecule has 1 aromatic heterocycles. The minimum atomic E-state index is -4.22. The summed E-state index contributed by atoms with van der Waals surface area (Å²) in [6.45, 7) is 3.93. The second-order valence-corrected chi connectivity index (χ2v) is 4.34. The van der Waals surface area contributed by atoms with Gasteiger partial charge in [-0.25, -0.2) is 0 Å². The van der Waals surface area contributed by atoms with Crippen molar-refractivity contribution in [3.8, 4) is 0 Å². The smallest absolute Gasteiger partial charge is 0.302 e. The highest BCUT2D eigenvalue weighted by Gasteiger charge is 2.41. The minimum Gasteiger partial charge on any atom is -0.302 e. The molecular formula is C10H14F3NS. The van der Waals surface area contributed by atoms with Crippen molar-refractivity contribution < 1.29 is 13.2 Å². The van der Waals surface area contributed by atoms with Crippen LogP contribution in [-0.2, 0) is 0 Å². The van der Waals surface area contributed by atoms with Crippen molar-refractivity contribution in [1.82, 2.24) is 5.32 Å². The molecule has 0 spiro atoms. The molecule has 1 aromatic rings. The molecule has 0 amide bonds. The molecule has 0 aliphatic carbocycles. The van der Waals surface area contributed by atoms with Crippen molar-refractivity contribution in [2.24, 2.45) is 0 Å². The molecule has 0 bridgehead atoms. The number of alkyl halides is 3. The van der Waals surface area contributed by atoms with Gasteiger partial charge in [-0.1, -0.05) is 6.92 Å². The Labute approximate surface area is 91.3 Å². The van der Waals surface area contributed by atoms with Crippen molar-refractivity contribution in [3.63, 3.8) is 0 Å². The molecule has 5 heteroatoms. The lowest BCUT2D eigenvalue weighted by Crippen LogP contribution is -2.34. The topological polar surface area (TPSA) is 12.0 Å². The highest BCUT2D eigenvalue weighted by molar-refractivity contribution is 7.10. The average Bonchev–Trinajstić information content (AvgIpc) is 2.51. The van der Waals surface area contributed by atoms with Gasteiger partial charge in [-0.3, -0.25) is 0 Å². The van der Waals surface area contributed by atoms with Gasteiger partial charge in [0.05, 0.1) is 0 Å². The predicted molar refractivity (Wildman–Crippen MR) is 56.1 cm³/mol. The summed E-state index contributed by atoms with van der Waals surface area (Å²) >= 11 is 1.15. The number of halogens is 3. The first kappa shape index (κ1) is 12.5. The van der Waals surface area contributed by atoms with Crippen molar-refractivity contribution >= 4 is 11.3 Å². The maximum Gasteiger partial charge on any atom is 0.408 e. The molecule has 0 saturated heterocycles. The van der Waals surface area contributed by atoms with Crippen LogP contribution < -0.4 is 5.32 Å². The number of aryl methyl sites for hydroxylation is 1. The maximum absolute atomic E-state index is 12.7. The number of hydrogen-bond donors (Lipinski definition) is 1. The van der Waals surface area contributed by atoms with E-state index in [9.17, 15) is 13.2 Å². The van der Waals surface area contributed by atoms with E-state index in [1.165, 1.54) is 0 Å². The molecule has 0 aromatic carbocycles. The van der Waals surface area contributed by atoms with Gasteiger partial charge in [0.15, 0.2) is 0 Å². The first-order valence-electron chi connectivity index (χ1n) is 4.81. The van der Waals surface area contributed by atoms with E-state index in [2.05, 4.69) is 5.32 Å². The summed E-state index contributed by atoms with van der Waals surface area (Å²) in [5.41, 5.74) is 0.700. The van der Waals surface area contributed by atoms with E-state index >= 15 is 0 Å². The molecule has 86 valence electrons. The lowest BCUT2D eigenvalue weighted by molar-refractivity contribution is -0.157. The lowest BCUT2D eigenvalue weighted by atomic mass is 10.1. The van der Waals surface area contributed by atoms with Crippen LogP contribution in [-0.4, -0.2) is 12.7 Å². The van der Waals surface area contributed by atoms with Crippen LogP contribution in [0.15, 0.2) is 11.4 Å². The fourth-order valence-corrected chi connectivity index (χ4v) is 2.35. The fraction of sp³-hybridized carbons (Fsp3) is 0.600. The Bertz CT molecular complexity index is 306. The molecule has 0 saturated carbocycles. The monoisotopic (exact) mass is 237 g/mol. The van der Waals surface area contributed by atoms with Crippen LogP contribution in [0, 0.1) is 6.92 Å². The van der Waals surface area contributed by atoms with Gasteiger partial charge in [-0.2, -0.15) is 13.2 Å². The Kier molecular flexibility index (Phi) is 4.16. The van der Waals surface area contributed by atoms with E-state index in [1.54, 1.807) is 18.4 Å². The number of hydrogen-bond acceptors (Lipinski definition) is 2. The van der Waals surface area contributed by atoms with Crippen LogP contribution in [0.2, 0.25) is 0 Å². The van der Waals surface area contributed by atoms with Crippen molar-refractivity contribution in [1.29, 1.82) is 0 Å². The van der Waals surface area contributed by atoms with Crippen LogP contribution in [0.4, 0.5) is 13.2 Å². The van der Waals surface area contributed by atoms with Crippen LogP contribution in [0.5, 0.6) is 0 Å². The summed E-state index contributed by atoms with van der Waals surface area (Å²) in [6.07, 6.45) is -3.53. The Morgan fingerprint density at radius 2 is 2.13 bits per heavy atom. The molecule has 0 radical (unpaired) electrons. The van der Waals surface area contributed by atoms with Gasteiger partial charge < -0.3 is 5.32 Å². The van der Waals surface area contributed by atoms with Crippen LogP contribution in [0.25, 0.3) is 0 Å². The fourth-order valence-electron chi connectivity index (χ4n) is 1.33. The van der Waals surface area contributed by atoms with Crippen LogP contribution in [0.3, 0.4) is 0 Å². The van der Waals surface area contributed by atoms with E-state index in [-0.39, 0.29) is 0 Å². The number of thiophene rings is 1. The normalized spacial score (nSPS) is 14.2. The highest BCUT2D eigenvalue weighted by atomic mass is 32.1. The van der Waals surface area contributed by atoms with Crippen LogP contribution >= 0.6 is 11.3 Å². The van der Waals surface area contributed by atoms with E-state index in [0.29, 0.717) is 23.4 Å². The molecule has 1 N–H and O–H groups in total. The second kappa shape index (κ2) is 4.99. The summed E-state index contributed by atoms with van der Waals surface area (Å²) in [5.74, 6) is 0. The van der Waals surface area contributed by atoms with Gasteiger partial charge in [0.1, 0.15) is 6.04 Å². The zero-order valence-electron chi connectivity index (χ0n) is 8.69. The summed E-state index contributed by atoms with van der Waals surface area (Å²) in [7, 11) is 0. The number of nitrogens with one attached hydrogen (secondary N) is 1.